The van der Waals surface area contributed by atoms with Crippen LogP contribution in [0, 0.1) is 0 Å². The summed E-state index contributed by atoms with van der Waals surface area (Å²) >= 11 is 5.83. The Balaban J connectivity index is 1.89. The molecule has 106 valence electrons. The van der Waals surface area contributed by atoms with Gasteiger partial charge in [-0.1, -0.05) is 16.8 Å². The van der Waals surface area contributed by atoms with Crippen LogP contribution in [-0.4, -0.2) is 22.6 Å². The molecule has 1 N–H and O–H groups in total. The van der Waals surface area contributed by atoms with Crippen LogP contribution < -0.4 is 5.32 Å². The lowest BCUT2D eigenvalue weighted by molar-refractivity contribution is -0.121. The lowest BCUT2D eigenvalue weighted by Crippen LogP contribution is -2.22. The molecule has 5 nitrogen and oxygen atoms in total. The molecule has 2 aromatic rings. The molecule has 0 aliphatic carbocycles. The number of carbonyl (C=O) groups is 1. The predicted molar refractivity (Wildman–Crippen MR) is 76.4 cm³/mol. The second-order valence-corrected chi connectivity index (χ2v) is 4.76. The fraction of sp³-hybridized carbons (Fsp3) is 0.357. The summed E-state index contributed by atoms with van der Waals surface area (Å²) in [6.45, 7) is 2.55. The molecule has 0 saturated carbocycles. The van der Waals surface area contributed by atoms with Crippen molar-refractivity contribution in [1.82, 2.24) is 15.5 Å². The molecule has 1 heterocycles. The Labute approximate surface area is 122 Å². The second-order valence-electron chi connectivity index (χ2n) is 4.33. The van der Waals surface area contributed by atoms with E-state index in [0.29, 0.717) is 42.5 Å². The number of carbonyl (C=O) groups excluding carboxylic acids is 1. The van der Waals surface area contributed by atoms with Gasteiger partial charge in [-0.3, -0.25) is 4.79 Å². The maximum absolute atomic E-state index is 11.3. The van der Waals surface area contributed by atoms with Gasteiger partial charge in [0.2, 0.25) is 17.6 Å². The van der Waals surface area contributed by atoms with Gasteiger partial charge < -0.3 is 9.84 Å². The highest BCUT2D eigenvalue weighted by molar-refractivity contribution is 6.30. The highest BCUT2D eigenvalue weighted by Crippen LogP contribution is 2.19. The number of nitrogens with one attached hydrogen (secondary N) is 1. The molecule has 0 atom stereocenters. The highest BCUT2D eigenvalue weighted by atomic mass is 35.5. The Bertz CT molecular complexity index is 566. The summed E-state index contributed by atoms with van der Waals surface area (Å²) in [5.41, 5.74) is 0.855. The van der Waals surface area contributed by atoms with Gasteiger partial charge in [0.05, 0.1) is 0 Å². The topological polar surface area (TPSA) is 68.0 Å². The molecule has 6 heteroatoms. The number of halogens is 1. The van der Waals surface area contributed by atoms with Crippen molar-refractivity contribution in [1.29, 1.82) is 0 Å². The van der Waals surface area contributed by atoms with Gasteiger partial charge in [-0.15, -0.1) is 0 Å². The molecule has 1 amide bonds. The van der Waals surface area contributed by atoms with E-state index in [1.165, 1.54) is 0 Å². The Morgan fingerprint density at radius 2 is 2.10 bits per heavy atom. The normalized spacial score (nSPS) is 10.5. The molecule has 0 fully saturated rings. The average Bonchev–Trinajstić information content (AvgIpc) is 2.89. The first-order chi connectivity index (χ1) is 9.69. The molecule has 0 aliphatic rings. The molecule has 0 saturated heterocycles. The lowest BCUT2D eigenvalue weighted by atomic mass is 10.2. The quantitative estimate of drug-likeness (QED) is 0.889. The number of nitrogens with zero attached hydrogens (tertiary/aromatic N) is 2. The number of aromatic nitrogens is 2. The zero-order valence-corrected chi connectivity index (χ0v) is 12.0. The fourth-order valence-electron chi connectivity index (χ4n) is 1.76. The van der Waals surface area contributed by atoms with Crippen molar-refractivity contribution >= 4 is 17.5 Å². The summed E-state index contributed by atoms with van der Waals surface area (Å²) in [6, 6.07) is 7.24. The SMILES string of the molecule is CCNC(=O)CCCc1nc(-c2ccc(Cl)cc2)no1. The van der Waals surface area contributed by atoms with Crippen LogP contribution in [0.5, 0.6) is 0 Å². The van der Waals surface area contributed by atoms with Gasteiger partial charge in [-0.25, -0.2) is 0 Å². The molecule has 2 rings (SSSR count). The van der Waals surface area contributed by atoms with Crippen molar-refractivity contribution in [2.24, 2.45) is 0 Å². The van der Waals surface area contributed by atoms with Crippen molar-refractivity contribution in [3.63, 3.8) is 0 Å². The average molecular weight is 294 g/mol. The van der Waals surface area contributed by atoms with Crippen LogP contribution in [0.3, 0.4) is 0 Å². The van der Waals surface area contributed by atoms with E-state index >= 15 is 0 Å². The Morgan fingerprint density at radius 1 is 1.35 bits per heavy atom. The monoisotopic (exact) mass is 293 g/mol. The van der Waals surface area contributed by atoms with Gasteiger partial charge in [-0.05, 0) is 37.6 Å². The molecule has 1 aromatic heterocycles. The number of hydrogen-bond acceptors (Lipinski definition) is 4. The number of rotatable bonds is 6. The number of benzene rings is 1. The summed E-state index contributed by atoms with van der Waals surface area (Å²) in [7, 11) is 0. The van der Waals surface area contributed by atoms with Crippen LogP contribution in [0.15, 0.2) is 28.8 Å². The third-order valence-corrected chi connectivity index (χ3v) is 2.99. The molecule has 1 aromatic carbocycles. The van der Waals surface area contributed by atoms with Gasteiger partial charge in [-0.2, -0.15) is 4.98 Å². The Hall–Kier alpha value is -1.88. The largest absolute Gasteiger partial charge is 0.356 e. The minimum absolute atomic E-state index is 0.0462. The number of hydrogen-bond donors (Lipinski definition) is 1. The van der Waals surface area contributed by atoms with Crippen molar-refractivity contribution < 1.29 is 9.32 Å². The summed E-state index contributed by atoms with van der Waals surface area (Å²) in [5, 5.41) is 7.34. The Morgan fingerprint density at radius 3 is 2.80 bits per heavy atom. The highest BCUT2D eigenvalue weighted by Gasteiger charge is 2.09. The second kappa shape index (κ2) is 7.05. The molecular weight excluding hydrogens is 278 g/mol. The summed E-state index contributed by atoms with van der Waals surface area (Å²) in [4.78, 5) is 15.6. The predicted octanol–water partition coefficient (Wildman–Crippen LogP) is 2.85. The number of aryl methyl sites for hydroxylation is 1. The zero-order valence-electron chi connectivity index (χ0n) is 11.2. The Kier molecular flexibility index (Phi) is 5.12. The van der Waals surface area contributed by atoms with Gasteiger partial charge in [0.15, 0.2) is 0 Å². The molecule has 0 radical (unpaired) electrons. The van der Waals surface area contributed by atoms with Crippen molar-refractivity contribution in [2.75, 3.05) is 6.54 Å². The van der Waals surface area contributed by atoms with E-state index in [-0.39, 0.29) is 5.91 Å². The first-order valence-electron chi connectivity index (χ1n) is 6.54. The first kappa shape index (κ1) is 14.5. The van der Waals surface area contributed by atoms with Gasteiger partial charge >= 0.3 is 0 Å². The van der Waals surface area contributed by atoms with Crippen LogP contribution in [0.4, 0.5) is 0 Å². The smallest absolute Gasteiger partial charge is 0.226 e. The minimum atomic E-state index is 0.0462. The van der Waals surface area contributed by atoms with E-state index < -0.39 is 0 Å². The van der Waals surface area contributed by atoms with E-state index in [0.717, 1.165) is 5.56 Å². The van der Waals surface area contributed by atoms with E-state index in [9.17, 15) is 4.79 Å². The van der Waals surface area contributed by atoms with Crippen molar-refractivity contribution in [3.8, 4) is 11.4 Å². The maximum atomic E-state index is 11.3. The van der Waals surface area contributed by atoms with E-state index in [1.54, 1.807) is 12.1 Å². The maximum Gasteiger partial charge on any atom is 0.226 e. The third kappa shape index (κ3) is 4.06. The lowest BCUT2D eigenvalue weighted by Gasteiger charge is -1.99. The summed E-state index contributed by atoms with van der Waals surface area (Å²) in [6.07, 6.45) is 1.75. The van der Waals surface area contributed by atoms with Gasteiger partial charge in [0.1, 0.15) is 0 Å². The van der Waals surface area contributed by atoms with E-state index in [4.69, 9.17) is 16.1 Å². The molecule has 0 bridgehead atoms. The van der Waals surface area contributed by atoms with Gasteiger partial charge in [0.25, 0.3) is 0 Å². The molecule has 0 spiro atoms. The van der Waals surface area contributed by atoms with Crippen LogP contribution >= 0.6 is 11.6 Å². The summed E-state index contributed by atoms with van der Waals surface area (Å²) < 4.78 is 5.17. The third-order valence-electron chi connectivity index (χ3n) is 2.74. The van der Waals surface area contributed by atoms with E-state index in [1.807, 2.05) is 19.1 Å². The number of amides is 1. The molecule has 0 unspecified atom stereocenters. The molecule has 0 aliphatic heterocycles. The van der Waals surface area contributed by atoms with Crippen LogP contribution in [0.2, 0.25) is 5.02 Å². The van der Waals surface area contributed by atoms with Crippen LogP contribution in [0.1, 0.15) is 25.7 Å². The fourth-order valence-corrected chi connectivity index (χ4v) is 1.88. The van der Waals surface area contributed by atoms with Gasteiger partial charge in [0, 0.05) is 30.0 Å². The molecule has 20 heavy (non-hydrogen) atoms. The van der Waals surface area contributed by atoms with Crippen molar-refractivity contribution in [3.05, 3.63) is 35.2 Å². The standard InChI is InChI=1S/C14H16ClN3O2/c1-2-16-12(19)4-3-5-13-17-14(18-20-13)10-6-8-11(15)9-7-10/h6-9H,2-5H2,1H3,(H,16,19). The van der Waals surface area contributed by atoms with Crippen LogP contribution in [-0.2, 0) is 11.2 Å². The van der Waals surface area contributed by atoms with E-state index in [2.05, 4.69) is 15.5 Å². The first-order valence-corrected chi connectivity index (χ1v) is 6.92. The zero-order chi connectivity index (χ0) is 14.4. The van der Waals surface area contributed by atoms with Crippen molar-refractivity contribution in [2.45, 2.75) is 26.2 Å². The summed E-state index contributed by atoms with van der Waals surface area (Å²) in [5.74, 6) is 1.12. The molecular formula is C14H16ClN3O2. The van der Waals surface area contributed by atoms with Crippen LogP contribution in [0.25, 0.3) is 11.4 Å². The minimum Gasteiger partial charge on any atom is -0.356 e.